The number of carbonyl (C=O) groups is 1. The maximum atomic E-state index is 13.3. The molecule has 0 bridgehead atoms. The summed E-state index contributed by atoms with van der Waals surface area (Å²) in [5.74, 6) is 2.39. The number of amides is 1. The molecule has 3 aromatic rings. The van der Waals surface area contributed by atoms with Crippen LogP contribution >= 0.6 is 11.8 Å². The molecule has 33 heavy (non-hydrogen) atoms. The van der Waals surface area contributed by atoms with Gasteiger partial charge in [0.2, 0.25) is 0 Å². The van der Waals surface area contributed by atoms with E-state index in [2.05, 4.69) is 33.5 Å². The monoisotopic (exact) mass is 465 g/mol. The summed E-state index contributed by atoms with van der Waals surface area (Å²) in [7, 11) is 1.66. The molecule has 1 saturated heterocycles. The van der Waals surface area contributed by atoms with E-state index in [4.69, 9.17) is 4.74 Å². The topological polar surface area (TPSA) is 63.5 Å². The van der Waals surface area contributed by atoms with Crippen molar-refractivity contribution in [3.8, 4) is 17.1 Å². The number of likely N-dealkylation sites (N-methyl/N-ethyl adjacent to an activating group) is 1. The number of thioether (sulfide) groups is 1. The van der Waals surface area contributed by atoms with Gasteiger partial charge in [0.25, 0.3) is 5.91 Å². The van der Waals surface area contributed by atoms with Crippen LogP contribution in [0.4, 0.5) is 0 Å². The van der Waals surface area contributed by atoms with Crippen LogP contribution in [0.3, 0.4) is 0 Å². The number of ether oxygens (including phenoxy) is 1. The Hall–Kier alpha value is -2.84. The Balaban J connectivity index is 1.50. The second kappa shape index (κ2) is 10.9. The molecule has 0 radical (unpaired) electrons. The lowest BCUT2D eigenvalue weighted by molar-refractivity contribution is 0.0642. The molecule has 0 spiro atoms. The second-order valence-electron chi connectivity index (χ2n) is 7.95. The molecule has 0 unspecified atom stereocenters. The van der Waals surface area contributed by atoms with E-state index in [1.54, 1.807) is 18.9 Å². The molecule has 2 aromatic carbocycles. The molecule has 1 aromatic heterocycles. The van der Waals surface area contributed by atoms with Gasteiger partial charge in [-0.25, -0.2) is 0 Å². The molecule has 0 saturated carbocycles. The van der Waals surface area contributed by atoms with Crippen LogP contribution in [0.1, 0.15) is 29.8 Å². The number of rotatable bonds is 8. The first-order valence-electron chi connectivity index (χ1n) is 11.4. The van der Waals surface area contributed by atoms with Gasteiger partial charge in [-0.15, -0.1) is 10.2 Å². The van der Waals surface area contributed by atoms with E-state index in [0.29, 0.717) is 5.75 Å². The predicted molar refractivity (Wildman–Crippen MR) is 132 cm³/mol. The van der Waals surface area contributed by atoms with Crippen molar-refractivity contribution < 1.29 is 9.53 Å². The lowest BCUT2D eigenvalue weighted by atomic mass is 10.1. The highest BCUT2D eigenvalue weighted by atomic mass is 32.2. The Morgan fingerprint density at radius 3 is 2.52 bits per heavy atom. The van der Waals surface area contributed by atoms with E-state index < -0.39 is 0 Å². The molecular formula is C25H31N5O2S. The SMILES string of the molecule is CCN1CCN(C(=O)c2ccccc2CSc2nnc(-c3cccc(OC)c3)n2CC)CC1. The number of piperazine rings is 1. The molecule has 7 nitrogen and oxygen atoms in total. The van der Waals surface area contributed by atoms with Crippen LogP contribution in [0.2, 0.25) is 0 Å². The average Bonchev–Trinajstić information content (AvgIpc) is 3.30. The minimum Gasteiger partial charge on any atom is -0.497 e. The van der Waals surface area contributed by atoms with Crippen molar-refractivity contribution in [3.05, 3.63) is 59.7 Å². The number of hydrogen-bond donors (Lipinski definition) is 0. The fraction of sp³-hybridized carbons (Fsp3) is 0.400. The minimum atomic E-state index is 0.121. The summed E-state index contributed by atoms with van der Waals surface area (Å²) in [5.41, 5.74) is 2.78. The highest BCUT2D eigenvalue weighted by molar-refractivity contribution is 7.98. The number of hydrogen-bond acceptors (Lipinski definition) is 6. The number of nitrogens with zero attached hydrogens (tertiary/aromatic N) is 5. The third-order valence-corrected chi connectivity index (χ3v) is 7.09. The number of methoxy groups -OCH3 is 1. The number of benzene rings is 2. The van der Waals surface area contributed by atoms with Crippen molar-refractivity contribution in [2.75, 3.05) is 39.8 Å². The minimum absolute atomic E-state index is 0.121. The van der Waals surface area contributed by atoms with Gasteiger partial charge in [0.1, 0.15) is 5.75 Å². The molecule has 4 rings (SSSR count). The largest absolute Gasteiger partial charge is 0.497 e. The maximum absolute atomic E-state index is 13.3. The summed E-state index contributed by atoms with van der Waals surface area (Å²) in [5, 5.41) is 9.74. The van der Waals surface area contributed by atoms with E-state index in [-0.39, 0.29) is 5.91 Å². The van der Waals surface area contributed by atoms with E-state index in [1.807, 2.05) is 53.4 Å². The molecule has 1 aliphatic rings. The van der Waals surface area contributed by atoms with Crippen LogP contribution in [-0.4, -0.2) is 70.3 Å². The van der Waals surface area contributed by atoms with Crippen LogP contribution in [0.15, 0.2) is 53.7 Å². The fourth-order valence-corrected chi connectivity index (χ4v) is 5.10. The summed E-state index contributed by atoms with van der Waals surface area (Å²) in [6.07, 6.45) is 0. The normalized spacial score (nSPS) is 14.5. The number of carbonyl (C=O) groups excluding carboxylic acids is 1. The van der Waals surface area contributed by atoms with Crippen LogP contribution in [0.25, 0.3) is 11.4 Å². The summed E-state index contributed by atoms with van der Waals surface area (Å²) in [4.78, 5) is 17.6. The zero-order chi connectivity index (χ0) is 23.2. The molecule has 8 heteroatoms. The Labute approximate surface area is 199 Å². The zero-order valence-corrected chi connectivity index (χ0v) is 20.3. The van der Waals surface area contributed by atoms with Crippen molar-refractivity contribution in [1.82, 2.24) is 24.6 Å². The predicted octanol–water partition coefficient (Wildman–Crippen LogP) is 4.04. The lowest BCUT2D eigenvalue weighted by Crippen LogP contribution is -2.48. The molecule has 0 N–H and O–H groups in total. The van der Waals surface area contributed by atoms with Crippen LogP contribution < -0.4 is 4.74 Å². The van der Waals surface area contributed by atoms with E-state index in [9.17, 15) is 4.79 Å². The number of aromatic nitrogens is 3. The van der Waals surface area contributed by atoms with Gasteiger partial charge in [-0.05, 0) is 37.2 Å². The molecule has 1 aliphatic heterocycles. The quantitative estimate of drug-likeness (QED) is 0.468. The third kappa shape index (κ3) is 5.23. The first-order chi connectivity index (χ1) is 16.1. The highest BCUT2D eigenvalue weighted by Crippen LogP contribution is 2.29. The Morgan fingerprint density at radius 1 is 1.00 bits per heavy atom. The second-order valence-corrected chi connectivity index (χ2v) is 8.90. The van der Waals surface area contributed by atoms with E-state index in [1.165, 1.54) is 0 Å². The molecule has 0 aliphatic carbocycles. The smallest absolute Gasteiger partial charge is 0.254 e. The fourth-order valence-electron chi connectivity index (χ4n) is 4.09. The van der Waals surface area contributed by atoms with Gasteiger partial charge >= 0.3 is 0 Å². The Kier molecular flexibility index (Phi) is 7.67. The van der Waals surface area contributed by atoms with E-state index in [0.717, 1.165) is 72.7 Å². The zero-order valence-electron chi connectivity index (χ0n) is 19.5. The summed E-state index contributed by atoms with van der Waals surface area (Å²) >= 11 is 1.61. The van der Waals surface area contributed by atoms with Gasteiger partial charge in [-0.1, -0.05) is 49.0 Å². The molecule has 2 heterocycles. The van der Waals surface area contributed by atoms with Crippen LogP contribution in [0.5, 0.6) is 5.75 Å². The van der Waals surface area contributed by atoms with Crippen LogP contribution in [-0.2, 0) is 12.3 Å². The maximum Gasteiger partial charge on any atom is 0.254 e. The molecule has 0 atom stereocenters. The summed E-state index contributed by atoms with van der Waals surface area (Å²) in [6.45, 7) is 9.47. The molecule has 1 amide bonds. The molecule has 1 fully saturated rings. The van der Waals surface area contributed by atoms with Gasteiger partial charge in [0.15, 0.2) is 11.0 Å². The molecule has 174 valence electrons. The van der Waals surface area contributed by atoms with Gasteiger partial charge in [0.05, 0.1) is 7.11 Å². The van der Waals surface area contributed by atoms with Crippen LogP contribution in [0, 0.1) is 0 Å². The highest BCUT2D eigenvalue weighted by Gasteiger charge is 2.23. The average molecular weight is 466 g/mol. The standard InChI is InChI=1S/C25H31N5O2S/c1-4-28-13-15-29(16-14-28)24(31)22-12-7-6-9-20(22)18-33-25-27-26-23(30(25)5-2)19-10-8-11-21(17-19)32-3/h6-12,17H,4-5,13-16,18H2,1-3H3. The van der Waals surface area contributed by atoms with Crippen molar-refractivity contribution in [1.29, 1.82) is 0 Å². The summed E-state index contributed by atoms with van der Waals surface area (Å²) < 4.78 is 7.46. The Morgan fingerprint density at radius 2 is 1.79 bits per heavy atom. The van der Waals surface area contributed by atoms with Gasteiger partial charge < -0.3 is 19.1 Å². The summed E-state index contributed by atoms with van der Waals surface area (Å²) in [6, 6.07) is 15.8. The first-order valence-corrected chi connectivity index (χ1v) is 12.4. The third-order valence-electron chi connectivity index (χ3n) is 6.07. The van der Waals surface area contributed by atoms with Crippen molar-refractivity contribution in [2.45, 2.75) is 31.3 Å². The lowest BCUT2D eigenvalue weighted by Gasteiger charge is -2.34. The van der Waals surface area contributed by atoms with Crippen molar-refractivity contribution in [3.63, 3.8) is 0 Å². The molecular weight excluding hydrogens is 434 g/mol. The Bertz CT molecular complexity index is 1090. The van der Waals surface area contributed by atoms with E-state index >= 15 is 0 Å². The van der Waals surface area contributed by atoms with Crippen molar-refractivity contribution >= 4 is 17.7 Å². The first kappa shape index (κ1) is 23.3. The van der Waals surface area contributed by atoms with Gasteiger partial charge in [0, 0.05) is 49.6 Å². The van der Waals surface area contributed by atoms with Crippen molar-refractivity contribution in [2.24, 2.45) is 0 Å². The van der Waals surface area contributed by atoms with Gasteiger partial charge in [-0.2, -0.15) is 0 Å². The van der Waals surface area contributed by atoms with Gasteiger partial charge in [-0.3, -0.25) is 4.79 Å².